The molecular weight excluding hydrogens is 312 g/mol. The fourth-order valence-corrected chi connectivity index (χ4v) is 2.51. The molecule has 4 heteroatoms. The second kappa shape index (κ2) is 7.51. The minimum Gasteiger partial charge on any atom is -0.325 e. The molecule has 0 aliphatic rings. The molecule has 1 N–H and O–H groups in total. The van der Waals surface area contributed by atoms with Crippen LogP contribution in [0.4, 0.5) is 11.4 Å². The third-order valence-corrected chi connectivity index (χ3v) is 4.06. The third-order valence-electron chi connectivity index (χ3n) is 4.06. The van der Waals surface area contributed by atoms with Crippen LogP contribution in [0.5, 0.6) is 0 Å². The van der Waals surface area contributed by atoms with Crippen molar-refractivity contribution in [1.29, 1.82) is 0 Å². The molecule has 0 saturated carbocycles. The van der Waals surface area contributed by atoms with E-state index in [1.54, 1.807) is 0 Å². The molecule has 2 aromatic carbocycles. The summed E-state index contributed by atoms with van der Waals surface area (Å²) in [4.78, 5) is 25.8. The van der Waals surface area contributed by atoms with Gasteiger partial charge in [-0.05, 0) is 42.2 Å². The molecule has 0 aliphatic heterocycles. The highest BCUT2D eigenvalue weighted by Gasteiger charge is 2.18. The fourth-order valence-electron chi connectivity index (χ4n) is 2.51. The van der Waals surface area contributed by atoms with E-state index < -0.39 is 0 Å². The number of nitrogens with one attached hydrogen (secondary N) is 1. The van der Waals surface area contributed by atoms with E-state index in [1.165, 1.54) is 17.4 Å². The van der Waals surface area contributed by atoms with Crippen molar-refractivity contribution in [2.24, 2.45) is 0 Å². The predicted molar refractivity (Wildman–Crippen MR) is 103 cm³/mol. The Labute approximate surface area is 149 Å². The van der Waals surface area contributed by atoms with Gasteiger partial charge in [-0.15, -0.1) is 0 Å². The number of benzene rings is 2. The molecule has 0 bridgehead atoms. The van der Waals surface area contributed by atoms with Gasteiger partial charge in [-0.2, -0.15) is 0 Å². The van der Waals surface area contributed by atoms with E-state index >= 15 is 0 Å². The van der Waals surface area contributed by atoms with Crippen LogP contribution in [-0.4, -0.2) is 18.4 Å². The summed E-state index contributed by atoms with van der Waals surface area (Å²) in [5, 5.41) is 2.83. The monoisotopic (exact) mass is 338 g/mol. The first-order valence-electron chi connectivity index (χ1n) is 8.42. The van der Waals surface area contributed by atoms with Crippen LogP contribution >= 0.6 is 0 Å². The zero-order valence-electron chi connectivity index (χ0n) is 15.6. The summed E-state index contributed by atoms with van der Waals surface area (Å²) in [5.41, 5.74) is 3.80. The lowest BCUT2D eigenvalue weighted by Crippen LogP contribution is -2.36. The Morgan fingerprint density at radius 3 is 2.00 bits per heavy atom. The molecular formula is C21H26N2O2. The lowest BCUT2D eigenvalue weighted by Gasteiger charge is -2.23. The number of hydrogen-bond donors (Lipinski definition) is 1. The summed E-state index contributed by atoms with van der Waals surface area (Å²) in [6.07, 6.45) is 0. The van der Waals surface area contributed by atoms with Crippen LogP contribution in [0.25, 0.3) is 0 Å². The summed E-state index contributed by atoms with van der Waals surface area (Å²) < 4.78 is 0. The topological polar surface area (TPSA) is 49.4 Å². The summed E-state index contributed by atoms with van der Waals surface area (Å²) in [6.45, 7) is 9.86. The lowest BCUT2D eigenvalue weighted by molar-refractivity contribution is -0.120. The molecule has 2 rings (SSSR count). The van der Waals surface area contributed by atoms with Crippen LogP contribution in [0, 0.1) is 6.92 Å². The molecule has 2 amide bonds. The van der Waals surface area contributed by atoms with Crippen LogP contribution in [-0.2, 0) is 15.0 Å². The van der Waals surface area contributed by atoms with E-state index in [2.05, 4.69) is 26.1 Å². The first kappa shape index (κ1) is 18.7. The molecule has 2 aromatic rings. The molecule has 0 atom stereocenters. The largest absolute Gasteiger partial charge is 0.325 e. The Morgan fingerprint density at radius 1 is 0.960 bits per heavy atom. The summed E-state index contributed by atoms with van der Waals surface area (Å²) in [6, 6.07) is 15.4. The highest BCUT2D eigenvalue weighted by Crippen LogP contribution is 2.25. The quantitative estimate of drug-likeness (QED) is 0.904. The molecule has 0 unspecified atom stereocenters. The molecule has 0 spiro atoms. The molecule has 0 radical (unpaired) electrons. The molecule has 25 heavy (non-hydrogen) atoms. The maximum absolute atomic E-state index is 12.3. The molecule has 0 aromatic heterocycles. The van der Waals surface area contributed by atoms with Crippen molar-refractivity contribution in [3.05, 3.63) is 59.7 Å². The van der Waals surface area contributed by atoms with E-state index in [0.29, 0.717) is 0 Å². The molecule has 4 nitrogen and oxygen atoms in total. The number of anilines is 2. The average Bonchev–Trinajstić information content (AvgIpc) is 2.54. The van der Waals surface area contributed by atoms with Crippen molar-refractivity contribution >= 4 is 23.2 Å². The Morgan fingerprint density at radius 2 is 1.52 bits per heavy atom. The van der Waals surface area contributed by atoms with Crippen LogP contribution in [0.2, 0.25) is 0 Å². The number of rotatable bonds is 4. The van der Waals surface area contributed by atoms with Gasteiger partial charge in [0.2, 0.25) is 11.8 Å². The van der Waals surface area contributed by atoms with Crippen molar-refractivity contribution in [2.75, 3.05) is 16.8 Å². The van der Waals surface area contributed by atoms with Gasteiger partial charge in [0.15, 0.2) is 0 Å². The van der Waals surface area contributed by atoms with Gasteiger partial charge in [-0.25, -0.2) is 0 Å². The number of carbonyl (C=O) groups excluding carboxylic acids is 2. The Hall–Kier alpha value is -2.62. The fraction of sp³-hybridized carbons (Fsp3) is 0.333. The highest BCUT2D eigenvalue weighted by atomic mass is 16.2. The van der Waals surface area contributed by atoms with E-state index in [4.69, 9.17) is 0 Å². The van der Waals surface area contributed by atoms with E-state index in [0.717, 1.165) is 16.9 Å². The van der Waals surface area contributed by atoms with Crippen LogP contribution in [0.15, 0.2) is 48.5 Å². The number of nitrogens with zero attached hydrogens (tertiary/aromatic N) is 1. The Bertz CT molecular complexity index is 741. The van der Waals surface area contributed by atoms with E-state index in [-0.39, 0.29) is 23.8 Å². The van der Waals surface area contributed by atoms with E-state index in [9.17, 15) is 9.59 Å². The van der Waals surface area contributed by atoms with Crippen molar-refractivity contribution in [3.63, 3.8) is 0 Å². The molecule has 0 heterocycles. The second-order valence-corrected chi connectivity index (χ2v) is 7.32. The van der Waals surface area contributed by atoms with Crippen LogP contribution < -0.4 is 10.2 Å². The molecule has 0 fully saturated rings. The van der Waals surface area contributed by atoms with Gasteiger partial charge in [0.25, 0.3) is 0 Å². The predicted octanol–water partition coefficient (Wildman–Crippen LogP) is 4.28. The first-order valence-corrected chi connectivity index (χ1v) is 8.42. The maximum atomic E-state index is 12.3. The van der Waals surface area contributed by atoms with Crippen LogP contribution in [0.3, 0.4) is 0 Å². The second-order valence-electron chi connectivity index (χ2n) is 7.32. The Kier molecular flexibility index (Phi) is 5.62. The zero-order chi connectivity index (χ0) is 18.6. The number of hydrogen-bond acceptors (Lipinski definition) is 2. The molecule has 0 saturated heterocycles. The van der Waals surface area contributed by atoms with Gasteiger partial charge in [0, 0.05) is 18.3 Å². The normalized spacial score (nSPS) is 11.1. The van der Waals surface area contributed by atoms with Gasteiger partial charge in [0.1, 0.15) is 6.54 Å². The maximum Gasteiger partial charge on any atom is 0.244 e. The van der Waals surface area contributed by atoms with Gasteiger partial charge in [0.05, 0.1) is 0 Å². The number of carbonyl (C=O) groups is 2. The van der Waals surface area contributed by atoms with Gasteiger partial charge in [-0.3, -0.25) is 9.59 Å². The number of amides is 2. The Balaban J connectivity index is 2.11. The summed E-state index contributed by atoms with van der Waals surface area (Å²) in [5.74, 6) is -0.387. The van der Waals surface area contributed by atoms with Crippen molar-refractivity contribution < 1.29 is 9.59 Å². The molecule has 0 aliphatic carbocycles. The van der Waals surface area contributed by atoms with Gasteiger partial charge >= 0.3 is 0 Å². The minimum atomic E-state index is -0.223. The zero-order valence-corrected chi connectivity index (χ0v) is 15.6. The molecule has 132 valence electrons. The standard InChI is InChI=1S/C21H26N2O2/c1-15-6-10-18(11-7-15)22-20(25)14-23(16(2)24)19-12-8-17(9-13-19)21(3,4)5/h6-13H,14H2,1-5H3,(H,22,25). The summed E-state index contributed by atoms with van der Waals surface area (Å²) >= 11 is 0. The van der Waals surface area contributed by atoms with Gasteiger partial charge in [-0.1, -0.05) is 50.6 Å². The van der Waals surface area contributed by atoms with Crippen LogP contribution in [0.1, 0.15) is 38.8 Å². The number of aryl methyl sites for hydroxylation is 1. The average molecular weight is 338 g/mol. The van der Waals surface area contributed by atoms with Gasteiger partial charge < -0.3 is 10.2 Å². The summed E-state index contributed by atoms with van der Waals surface area (Å²) in [7, 11) is 0. The van der Waals surface area contributed by atoms with Crippen molar-refractivity contribution in [1.82, 2.24) is 0 Å². The van der Waals surface area contributed by atoms with Crippen molar-refractivity contribution in [3.8, 4) is 0 Å². The smallest absolute Gasteiger partial charge is 0.244 e. The third kappa shape index (κ3) is 5.18. The van der Waals surface area contributed by atoms with E-state index in [1.807, 2.05) is 55.5 Å². The SMILES string of the molecule is CC(=O)N(CC(=O)Nc1ccc(C)cc1)c1ccc(C(C)(C)C)cc1. The lowest BCUT2D eigenvalue weighted by atomic mass is 9.87. The van der Waals surface area contributed by atoms with Crippen molar-refractivity contribution in [2.45, 2.75) is 40.0 Å². The first-order chi connectivity index (χ1) is 11.7. The minimum absolute atomic E-state index is 0.0158. The highest BCUT2D eigenvalue weighted by molar-refractivity contribution is 6.01.